The van der Waals surface area contributed by atoms with Gasteiger partial charge in [-0.25, -0.2) is 38.0 Å². The number of aliphatic carboxylic acids is 2. The quantitative estimate of drug-likeness (QED) is 0.00415. The van der Waals surface area contributed by atoms with Gasteiger partial charge in [0.1, 0.15) is 0 Å². The van der Waals surface area contributed by atoms with Crippen molar-refractivity contribution < 1.29 is 121 Å². The van der Waals surface area contributed by atoms with Crippen LogP contribution in [0.2, 0.25) is 0 Å². The smallest absolute Gasteiger partial charge is 0.323 e. The number of hydrogen-bond acceptors (Lipinski definition) is 22. The van der Waals surface area contributed by atoms with Crippen molar-refractivity contribution in [1.82, 2.24) is 10.9 Å². The van der Waals surface area contributed by atoms with Crippen molar-refractivity contribution in [3.63, 3.8) is 0 Å². The van der Waals surface area contributed by atoms with Gasteiger partial charge in [-0.15, -0.1) is 10.1 Å². The summed E-state index contributed by atoms with van der Waals surface area (Å²) >= 11 is 0. The van der Waals surface area contributed by atoms with E-state index in [1.165, 1.54) is 18.2 Å². The summed E-state index contributed by atoms with van der Waals surface area (Å²) in [5, 5.41) is 61.0. The summed E-state index contributed by atoms with van der Waals surface area (Å²) in [6.45, 7) is 19.0. The van der Waals surface area contributed by atoms with Gasteiger partial charge in [-0.2, -0.15) is 15.2 Å². The number of nitrogen functional groups attached to an aromatic ring is 1. The number of urea groups is 1. The summed E-state index contributed by atoms with van der Waals surface area (Å²) in [5.41, 5.74) is 13.0. The normalized spacial score (nSPS) is 13.1. The van der Waals surface area contributed by atoms with E-state index >= 15 is 0 Å². The minimum atomic E-state index is -1.50. The van der Waals surface area contributed by atoms with E-state index in [-0.39, 0.29) is 88.5 Å². The zero-order chi connectivity index (χ0) is 85.8. The molecule has 4 amide bonds. The molecule has 14 N–H and O–H groups in total. The molecular formula is C78H95F4N12O19Pd-. The molecule has 31 nitrogen and oxygen atoms in total. The molecule has 0 saturated carbocycles. The van der Waals surface area contributed by atoms with Gasteiger partial charge < -0.3 is 49.1 Å². The van der Waals surface area contributed by atoms with Crippen molar-refractivity contribution in [2.75, 3.05) is 30.0 Å². The summed E-state index contributed by atoms with van der Waals surface area (Å²) in [6, 6.07) is 49.4. The maximum Gasteiger partial charge on any atom is 0.323 e. The summed E-state index contributed by atoms with van der Waals surface area (Å²) in [4.78, 5) is 131. The molecule has 7 aromatic rings. The molecule has 0 unspecified atom stereocenters. The predicted octanol–water partition coefficient (Wildman–Crippen LogP) is 13.0. The number of nitrogens with two attached hydrogens (primary N) is 3. The number of rotatable bonds is 13. The van der Waals surface area contributed by atoms with Gasteiger partial charge in [0.2, 0.25) is 17.9 Å². The van der Waals surface area contributed by atoms with E-state index in [0.29, 0.717) is 41.1 Å². The molecule has 3 heterocycles. The number of aliphatic hydroxyl groups excluding tert-OH is 1. The number of hydrogen-bond donors (Lipinski definition) is 11. The SMILES string of the molecule is CC(C)(CC(=O)c1ccccc1)C(=O)O.CC(C)(CC(=O)c1ccccc1)C(=O)O.CC1(C)CC(=O)OC1=O.CC1(C)CC(c2cccc(N)c2)=NNC1=O.CC1(C)CC(c2cccc(NC(=O)Nc3ccc(F)c(F)c3)c2)=NNC1=O.CCO.C[N+](=O)[O-].NN.O=C=Nc1ccc(F)c(F)c1.O=[N+]([O-])O.[CH3-].[Pd].c1ccccc1. The maximum atomic E-state index is 13.2. The first-order chi connectivity index (χ1) is 52.2. The number of nitrogens with one attached hydrogen (secondary N) is 4. The van der Waals surface area contributed by atoms with E-state index in [1.54, 1.807) is 115 Å². The molecule has 3 aliphatic rings. The molecule has 1 saturated heterocycles. The first-order valence-electron chi connectivity index (χ1n) is 33.2. The Kier molecular flexibility index (Phi) is 48.8. The molecule has 1 fully saturated rings. The Balaban J connectivity index is -0.00000126. The number of benzene rings is 7. The Morgan fingerprint density at radius 3 is 1.25 bits per heavy atom. The first-order valence-corrected chi connectivity index (χ1v) is 33.2. The number of carbonyl (C=O) groups is 9. The van der Waals surface area contributed by atoms with Gasteiger partial charge in [-0.1, -0.05) is 149 Å². The van der Waals surface area contributed by atoms with Crippen molar-refractivity contribution >= 4 is 93.5 Å². The molecule has 0 atom stereocenters. The van der Waals surface area contributed by atoms with Crippen LogP contribution in [0, 0.1) is 78.0 Å². The summed E-state index contributed by atoms with van der Waals surface area (Å²) in [6.07, 6.45) is 2.56. The minimum Gasteiger partial charge on any atom is -0.481 e. The van der Waals surface area contributed by atoms with Crippen LogP contribution in [-0.4, -0.2) is 115 Å². The number of esters is 2. The Morgan fingerprint density at radius 1 is 0.579 bits per heavy atom. The number of cyclic esters (lactones) is 2. The molecule has 7 aromatic carbocycles. The molecule has 10 rings (SSSR count). The van der Waals surface area contributed by atoms with Crippen LogP contribution < -0.4 is 38.9 Å². The molecular weight excluding hydrogens is 1590 g/mol. The van der Waals surface area contributed by atoms with Crippen molar-refractivity contribution in [2.45, 2.75) is 108 Å². The molecule has 0 aromatic heterocycles. The maximum absolute atomic E-state index is 13.2. The van der Waals surface area contributed by atoms with Crippen LogP contribution >= 0.6 is 0 Å². The number of amides is 4. The molecule has 0 bridgehead atoms. The topological polar surface area (TPSA) is 510 Å². The molecule has 3 aliphatic heterocycles. The summed E-state index contributed by atoms with van der Waals surface area (Å²) < 4.78 is 55.0. The van der Waals surface area contributed by atoms with Crippen LogP contribution in [-0.2, 0) is 58.7 Å². The number of ketones is 2. The molecule has 0 aliphatic carbocycles. The molecule has 114 heavy (non-hydrogen) atoms. The first kappa shape index (κ1) is 106. The number of hydrazone groups is 2. The number of aliphatic hydroxyl groups is 1. The fourth-order valence-electron chi connectivity index (χ4n) is 8.42. The van der Waals surface area contributed by atoms with Crippen molar-refractivity contribution in [1.29, 1.82) is 0 Å². The number of nitrogens with zero attached hydrogens (tertiary/aromatic N) is 5. The third-order valence-electron chi connectivity index (χ3n) is 14.5. The van der Waals surface area contributed by atoms with Gasteiger partial charge >= 0.3 is 29.9 Å². The van der Waals surface area contributed by atoms with E-state index in [2.05, 4.69) is 53.1 Å². The number of Topliss-reactive ketones (excluding diaryl/α,β-unsaturated/α-hetero) is 2. The summed E-state index contributed by atoms with van der Waals surface area (Å²) in [7, 11) is 0.889. The Bertz CT molecular complexity index is 4300. The van der Waals surface area contributed by atoms with Gasteiger partial charge in [0, 0.05) is 98.0 Å². The number of anilines is 3. The van der Waals surface area contributed by atoms with Crippen LogP contribution in [0.15, 0.2) is 197 Å². The molecule has 620 valence electrons. The van der Waals surface area contributed by atoms with Gasteiger partial charge in [0.25, 0.3) is 5.09 Å². The van der Waals surface area contributed by atoms with Crippen LogP contribution in [0.1, 0.15) is 140 Å². The predicted molar refractivity (Wildman–Crippen MR) is 415 cm³/mol. The van der Waals surface area contributed by atoms with Gasteiger partial charge in [0.05, 0.1) is 50.6 Å². The van der Waals surface area contributed by atoms with Crippen molar-refractivity contribution in [2.24, 2.45) is 54.0 Å². The number of isocyanates is 1. The average molecular weight is 1690 g/mol. The fraction of sp³-hybridized carbons (Fsp3) is 0.295. The second-order valence-corrected chi connectivity index (χ2v) is 26.6. The largest absolute Gasteiger partial charge is 0.481 e. The Hall–Kier alpha value is -12.4. The zero-order valence-corrected chi connectivity index (χ0v) is 66.3. The number of carboxylic acid groups (broad SMARTS) is 2. The number of nitro groups is 1. The number of carbonyl (C=O) groups excluding carboxylic acids is 8. The number of halogens is 4. The van der Waals surface area contributed by atoms with Crippen LogP contribution in [0.4, 0.5) is 45.1 Å². The van der Waals surface area contributed by atoms with Crippen LogP contribution in [0.25, 0.3) is 0 Å². The van der Waals surface area contributed by atoms with Crippen molar-refractivity contribution in [3.8, 4) is 0 Å². The average Bonchev–Trinajstić information content (AvgIpc) is 1.02. The standard InChI is InChI=1S/C19H18F2N4O2.C12H15N3O.2C12H14O3.C7H3F2NO.C6H8O3.C6H6.C2H6O.CH3NO2.CH3.H4N2.HNO3.Pd/c1-19(2)10-16(24-25-17(19)26)11-4-3-5-12(8-11)22-18(27)23-13-6-7-14(20)15(21)9-13;1-12(2)7-10(14-15-11(12)16)8-4-3-5-9(13)6-8;2*1-12(2,11(14)15)8-10(13)9-6-4-3-5-7-9;8-6-2-1-5(10-4-11)3-7(6)9;1-6(2)3-4(7)9-5(6)8;1-2-4-6-5-3-1;1-2-3;1-2(3)4;;1-2;2-1(3)4;/h3-9H,10H2,1-2H3,(H,25,26)(H2,22,23,27);3-6H,7,13H2,1-2H3,(H,15,16);2*3-7H,8H2,1-2H3,(H,14,15);1-3H;3H2,1-2H3;1-6H;3H,2H2,1H3;1H3;1H3;1-2H2;(H,2,3,4);/q;;;;;;;;;-1;;;. The molecule has 36 heteroatoms. The second kappa shape index (κ2) is 52.7. The van der Waals surface area contributed by atoms with E-state index < -0.39 is 90.3 Å². The summed E-state index contributed by atoms with van der Waals surface area (Å²) in [5.74, 6) is 0.789. The second-order valence-electron chi connectivity index (χ2n) is 26.6. The van der Waals surface area contributed by atoms with Gasteiger partial charge in [-0.05, 0) is 108 Å². The van der Waals surface area contributed by atoms with Crippen LogP contribution in [0.5, 0.6) is 0 Å². The number of aliphatic imine (C=N–C) groups is 1. The Morgan fingerprint density at radius 2 is 0.930 bits per heavy atom. The minimum absolute atomic E-state index is 0. The third-order valence-corrected chi connectivity index (χ3v) is 14.5. The van der Waals surface area contributed by atoms with Crippen LogP contribution in [0.3, 0.4) is 0 Å². The van der Waals surface area contributed by atoms with Gasteiger partial charge in [0.15, 0.2) is 41.9 Å². The third kappa shape index (κ3) is 42.1. The number of carboxylic acids is 2. The zero-order valence-electron chi connectivity index (χ0n) is 64.8. The van der Waals surface area contributed by atoms with Gasteiger partial charge in [-0.3, -0.25) is 60.2 Å². The fourth-order valence-corrected chi connectivity index (χ4v) is 8.42. The monoisotopic (exact) mass is 1690 g/mol. The van der Waals surface area contributed by atoms with E-state index in [9.17, 15) is 65.5 Å². The van der Waals surface area contributed by atoms with Crippen molar-refractivity contribution in [3.05, 3.63) is 255 Å². The molecule has 0 spiro atoms. The van der Waals surface area contributed by atoms with E-state index in [4.69, 9.17) is 46.5 Å². The van der Waals surface area contributed by atoms with E-state index in [0.717, 1.165) is 48.2 Å². The molecule has 0 radical (unpaired) electrons. The number of hydrazine groups is 1. The number of ether oxygens (including phenoxy) is 1. The van der Waals surface area contributed by atoms with E-state index in [1.807, 2.05) is 107 Å². The Labute approximate surface area is 669 Å².